The minimum atomic E-state index is -0.201. The van der Waals surface area contributed by atoms with Crippen molar-refractivity contribution in [2.45, 2.75) is 52.1 Å². The van der Waals surface area contributed by atoms with Crippen molar-refractivity contribution in [2.75, 3.05) is 32.6 Å². The number of anilines is 1. The first-order valence-electron chi connectivity index (χ1n) is 11.9. The van der Waals surface area contributed by atoms with Crippen LogP contribution in [0, 0.1) is 0 Å². The Kier molecular flexibility index (Phi) is 7.50. The first-order valence-corrected chi connectivity index (χ1v) is 11.9. The lowest BCUT2D eigenvalue weighted by atomic mass is 10.1. The van der Waals surface area contributed by atoms with Crippen LogP contribution in [0.1, 0.15) is 55.2 Å². The van der Waals surface area contributed by atoms with Crippen molar-refractivity contribution in [3.63, 3.8) is 0 Å². The maximum absolute atomic E-state index is 12.8. The highest BCUT2D eigenvalue weighted by atomic mass is 16.5. The van der Waals surface area contributed by atoms with Gasteiger partial charge in [0, 0.05) is 17.8 Å². The van der Waals surface area contributed by atoms with Crippen molar-refractivity contribution in [1.29, 1.82) is 0 Å². The molecule has 0 unspecified atom stereocenters. The zero-order chi connectivity index (χ0) is 23.2. The van der Waals surface area contributed by atoms with E-state index in [0.29, 0.717) is 17.1 Å². The van der Waals surface area contributed by atoms with Crippen LogP contribution in [0.4, 0.5) is 5.69 Å². The first kappa shape index (κ1) is 23.1. The zero-order valence-electron chi connectivity index (χ0n) is 19.9. The van der Waals surface area contributed by atoms with Crippen LogP contribution in [0.2, 0.25) is 0 Å². The third kappa shape index (κ3) is 5.30. The smallest absolute Gasteiger partial charge is 0.255 e. The molecule has 0 saturated carbocycles. The summed E-state index contributed by atoms with van der Waals surface area (Å²) in [7, 11) is 3.13. The average molecular weight is 451 g/mol. The van der Waals surface area contributed by atoms with E-state index in [4.69, 9.17) is 14.5 Å². The van der Waals surface area contributed by atoms with E-state index in [0.717, 1.165) is 55.1 Å². The number of methoxy groups -OCH3 is 2. The first-order chi connectivity index (χ1) is 16.1. The number of nitrogens with one attached hydrogen (secondary N) is 1. The van der Waals surface area contributed by atoms with Gasteiger partial charge >= 0.3 is 0 Å². The van der Waals surface area contributed by atoms with Gasteiger partial charge in [-0.3, -0.25) is 9.69 Å². The Morgan fingerprint density at radius 2 is 1.76 bits per heavy atom. The van der Waals surface area contributed by atoms with Crippen molar-refractivity contribution >= 4 is 22.6 Å². The van der Waals surface area contributed by atoms with Crippen LogP contribution in [0.5, 0.6) is 11.5 Å². The molecule has 33 heavy (non-hydrogen) atoms. The van der Waals surface area contributed by atoms with Gasteiger partial charge in [-0.25, -0.2) is 4.98 Å². The van der Waals surface area contributed by atoms with Gasteiger partial charge < -0.3 is 19.4 Å². The summed E-state index contributed by atoms with van der Waals surface area (Å²) in [6.07, 6.45) is 6.23. The summed E-state index contributed by atoms with van der Waals surface area (Å²) in [5.74, 6) is 2.02. The number of ether oxygens (including phenoxy) is 2. The van der Waals surface area contributed by atoms with Crippen LogP contribution < -0.4 is 14.8 Å². The number of fused-ring (bicyclic) bond motifs is 1. The molecular weight excluding hydrogens is 416 g/mol. The Balaban J connectivity index is 1.56. The second kappa shape index (κ2) is 10.7. The molecule has 1 aliphatic rings. The SMILES string of the molecule is CCCn1c(CN2CCCCCC2)nc2cc(NC(=O)c3ccc(OC)c(OC)c3)ccc21. The number of carbonyl (C=O) groups is 1. The molecule has 0 atom stereocenters. The van der Waals surface area contributed by atoms with Crippen molar-refractivity contribution in [1.82, 2.24) is 14.5 Å². The Bertz CT molecular complexity index is 1100. The highest BCUT2D eigenvalue weighted by molar-refractivity contribution is 6.05. The summed E-state index contributed by atoms with van der Waals surface area (Å²) in [5, 5.41) is 2.99. The van der Waals surface area contributed by atoms with Gasteiger partial charge in [0.15, 0.2) is 11.5 Å². The second-order valence-electron chi connectivity index (χ2n) is 8.60. The Morgan fingerprint density at radius 3 is 2.45 bits per heavy atom. The van der Waals surface area contributed by atoms with E-state index in [1.807, 2.05) is 12.1 Å². The van der Waals surface area contributed by atoms with E-state index in [9.17, 15) is 4.79 Å². The number of nitrogens with zero attached hydrogens (tertiary/aromatic N) is 3. The fourth-order valence-corrected chi connectivity index (χ4v) is 4.53. The van der Waals surface area contributed by atoms with Gasteiger partial charge in [0.05, 0.1) is 31.8 Å². The molecule has 0 radical (unpaired) electrons. The molecule has 0 bridgehead atoms. The molecule has 3 aromatic rings. The number of aromatic nitrogens is 2. The van der Waals surface area contributed by atoms with E-state index < -0.39 is 0 Å². The molecule has 4 rings (SSSR count). The van der Waals surface area contributed by atoms with E-state index in [-0.39, 0.29) is 5.91 Å². The molecule has 1 saturated heterocycles. The predicted molar refractivity (Wildman–Crippen MR) is 131 cm³/mol. The van der Waals surface area contributed by atoms with Gasteiger partial charge in [-0.05, 0) is 68.8 Å². The van der Waals surface area contributed by atoms with Gasteiger partial charge in [0.25, 0.3) is 5.91 Å². The lowest BCUT2D eigenvalue weighted by Gasteiger charge is -2.20. The largest absolute Gasteiger partial charge is 0.493 e. The number of hydrogen-bond acceptors (Lipinski definition) is 5. The number of rotatable bonds is 8. The Hall–Kier alpha value is -3.06. The highest BCUT2D eigenvalue weighted by Gasteiger charge is 2.17. The van der Waals surface area contributed by atoms with Crippen molar-refractivity contribution < 1.29 is 14.3 Å². The molecule has 7 heteroatoms. The molecule has 0 spiro atoms. The summed E-state index contributed by atoms with van der Waals surface area (Å²) in [5.41, 5.74) is 3.26. The molecule has 1 aliphatic heterocycles. The average Bonchev–Trinajstić information content (AvgIpc) is 2.98. The van der Waals surface area contributed by atoms with Gasteiger partial charge in [-0.15, -0.1) is 0 Å². The number of hydrogen-bond donors (Lipinski definition) is 1. The normalized spacial score (nSPS) is 14.8. The van der Waals surface area contributed by atoms with E-state index in [2.05, 4.69) is 27.8 Å². The molecule has 176 valence electrons. The van der Waals surface area contributed by atoms with Crippen LogP contribution in [0.15, 0.2) is 36.4 Å². The topological polar surface area (TPSA) is 68.6 Å². The maximum atomic E-state index is 12.8. The maximum Gasteiger partial charge on any atom is 0.255 e. The molecule has 2 aromatic carbocycles. The molecule has 1 fully saturated rings. The van der Waals surface area contributed by atoms with Crippen LogP contribution >= 0.6 is 0 Å². The minimum absolute atomic E-state index is 0.201. The molecule has 1 aromatic heterocycles. The lowest BCUT2D eigenvalue weighted by molar-refractivity contribution is 0.102. The van der Waals surface area contributed by atoms with Gasteiger partial charge in [-0.2, -0.15) is 0 Å². The fourth-order valence-electron chi connectivity index (χ4n) is 4.53. The van der Waals surface area contributed by atoms with E-state index >= 15 is 0 Å². The summed E-state index contributed by atoms with van der Waals surface area (Å²) in [6.45, 7) is 6.29. The third-order valence-electron chi connectivity index (χ3n) is 6.24. The number of likely N-dealkylation sites (tertiary alicyclic amines) is 1. The molecule has 1 amide bonds. The zero-order valence-corrected chi connectivity index (χ0v) is 19.9. The molecular formula is C26H34N4O3. The Morgan fingerprint density at radius 1 is 1.00 bits per heavy atom. The number of carbonyl (C=O) groups excluding carboxylic acids is 1. The van der Waals surface area contributed by atoms with Crippen LogP contribution in [0.3, 0.4) is 0 Å². The summed E-state index contributed by atoms with van der Waals surface area (Å²) in [4.78, 5) is 20.4. The van der Waals surface area contributed by atoms with Crippen LogP contribution in [-0.2, 0) is 13.1 Å². The third-order valence-corrected chi connectivity index (χ3v) is 6.24. The molecule has 0 aliphatic carbocycles. The standard InChI is InChI=1S/C26H34N4O3/c1-4-13-30-22-11-10-20(27-26(31)19-9-12-23(32-2)24(16-19)33-3)17-21(22)28-25(30)18-29-14-7-5-6-8-15-29/h9-12,16-17H,4-8,13-15,18H2,1-3H3,(H,27,31). The summed E-state index contributed by atoms with van der Waals surface area (Å²) < 4.78 is 12.9. The number of amides is 1. The van der Waals surface area contributed by atoms with Gasteiger partial charge in [-0.1, -0.05) is 19.8 Å². The number of imidazole rings is 1. The summed E-state index contributed by atoms with van der Waals surface area (Å²) >= 11 is 0. The van der Waals surface area contributed by atoms with Gasteiger partial charge in [0.1, 0.15) is 5.82 Å². The lowest BCUT2D eigenvalue weighted by Crippen LogP contribution is -2.26. The van der Waals surface area contributed by atoms with Crippen LogP contribution in [-0.4, -0.2) is 47.7 Å². The quantitative estimate of drug-likeness (QED) is 0.518. The van der Waals surface area contributed by atoms with E-state index in [1.165, 1.54) is 25.7 Å². The monoisotopic (exact) mass is 450 g/mol. The predicted octanol–water partition coefficient (Wildman–Crippen LogP) is 5.09. The van der Waals surface area contributed by atoms with E-state index in [1.54, 1.807) is 32.4 Å². The summed E-state index contributed by atoms with van der Waals surface area (Å²) in [6, 6.07) is 11.1. The fraction of sp³-hybridized carbons (Fsp3) is 0.462. The van der Waals surface area contributed by atoms with Crippen molar-refractivity contribution in [3.05, 3.63) is 47.8 Å². The molecule has 2 heterocycles. The number of benzene rings is 2. The highest BCUT2D eigenvalue weighted by Crippen LogP contribution is 2.28. The van der Waals surface area contributed by atoms with Crippen molar-refractivity contribution in [3.8, 4) is 11.5 Å². The molecule has 7 nitrogen and oxygen atoms in total. The number of aryl methyl sites for hydroxylation is 1. The molecule has 1 N–H and O–H groups in total. The minimum Gasteiger partial charge on any atom is -0.493 e. The van der Waals surface area contributed by atoms with Gasteiger partial charge in [0.2, 0.25) is 0 Å². The van der Waals surface area contributed by atoms with Crippen LogP contribution in [0.25, 0.3) is 11.0 Å². The Labute approximate surface area is 195 Å². The van der Waals surface area contributed by atoms with Crippen molar-refractivity contribution in [2.24, 2.45) is 0 Å². The second-order valence-corrected chi connectivity index (χ2v) is 8.60.